The van der Waals surface area contributed by atoms with Crippen molar-refractivity contribution in [3.8, 4) is 22.3 Å². The smallest absolute Gasteiger partial charge is 0.271 e. The number of rotatable bonds is 18. The van der Waals surface area contributed by atoms with Crippen LogP contribution in [-0.4, -0.2) is 73.8 Å². The van der Waals surface area contributed by atoms with E-state index in [0.29, 0.717) is 35.1 Å². The number of hydroxylamine groups is 4. The summed E-state index contributed by atoms with van der Waals surface area (Å²) in [6, 6.07) is 37.3. The normalized spacial score (nSPS) is 18.4. The maximum atomic E-state index is 13.8. The summed E-state index contributed by atoms with van der Waals surface area (Å²) in [5.41, 5.74) is 2.44. The molecular formula is C57H60F6N4O8S2. The van der Waals surface area contributed by atoms with Gasteiger partial charge in [-0.15, -0.1) is 0 Å². The van der Waals surface area contributed by atoms with Crippen molar-refractivity contribution in [1.29, 1.82) is 0 Å². The summed E-state index contributed by atoms with van der Waals surface area (Å²) in [5.74, 6) is -0.774. The minimum atomic E-state index is -4.44. The number of carbonyl (C=O) groups is 2. The average Bonchev–Trinajstić information content (AvgIpc) is 3.92. The van der Waals surface area contributed by atoms with Crippen LogP contribution in [-0.2, 0) is 64.9 Å². The lowest BCUT2D eigenvalue weighted by atomic mass is 10.0. The fourth-order valence-electron chi connectivity index (χ4n) is 9.08. The molecule has 6 aromatic rings. The molecule has 12 nitrogen and oxygen atoms in total. The second-order valence-corrected chi connectivity index (χ2v) is 23.0. The Hall–Kier alpha value is -6.42. The first-order valence-electron chi connectivity index (χ1n) is 25.0. The number of benzene rings is 6. The number of hydrogen-bond donors (Lipinski definition) is 1. The number of carbonyl (C=O) groups excluding carboxylic acids is 2. The van der Waals surface area contributed by atoms with Gasteiger partial charge in [-0.2, -0.15) is 35.4 Å². The van der Waals surface area contributed by atoms with Crippen LogP contribution in [0.25, 0.3) is 22.3 Å². The molecule has 2 aliphatic heterocycles. The maximum Gasteiger partial charge on any atom is 0.416 e. The largest absolute Gasteiger partial charge is 0.416 e. The van der Waals surface area contributed by atoms with E-state index in [0.717, 1.165) is 35.4 Å². The van der Waals surface area contributed by atoms with E-state index < -0.39 is 67.4 Å². The highest BCUT2D eigenvalue weighted by Crippen LogP contribution is 2.36. The average molecular weight is 1110 g/mol. The molecule has 20 heteroatoms. The van der Waals surface area contributed by atoms with Crippen LogP contribution in [0.1, 0.15) is 76.1 Å². The molecule has 0 spiro atoms. The maximum absolute atomic E-state index is 13.8. The van der Waals surface area contributed by atoms with Gasteiger partial charge in [-0.3, -0.25) is 19.3 Å². The van der Waals surface area contributed by atoms with Crippen molar-refractivity contribution in [3.63, 3.8) is 0 Å². The highest BCUT2D eigenvalue weighted by Gasteiger charge is 2.48. The standard InChI is InChI=1S/C30H33F3N2O4S.C27H27F3N2O4S/c1-4-18-34(28-19-27(21(2)3)35(29(28)36)39-20-22-8-6-5-7-9-22)40(37,38)26-16-12-24(13-17-26)23-10-14-25(15-11-23)30(31,32)33;1-18(2)25-16-24(26(33)32(25)36-17-19-6-4-3-5-7-19)31-37(34,35)23-14-10-21(11-15-23)20-8-12-22(13-9-20)27(28,29)30/h5-17,21,27-28H,4,18-20H2,1-3H3;3-15,18,24-25,31H,16-17H2,1-2H3/t27-,28-;24-,25-/m11/s1. The van der Waals surface area contributed by atoms with Gasteiger partial charge in [-0.1, -0.05) is 144 Å². The quantitative estimate of drug-likeness (QED) is 0.0838. The number of nitrogens with zero attached hydrogens (tertiary/aromatic N) is 3. The summed E-state index contributed by atoms with van der Waals surface area (Å²) in [4.78, 5) is 38.4. The van der Waals surface area contributed by atoms with Crippen molar-refractivity contribution in [2.45, 2.75) is 113 Å². The minimum absolute atomic E-state index is 0.00848. The molecule has 8 rings (SSSR count). The highest BCUT2D eigenvalue weighted by atomic mass is 32.2. The van der Waals surface area contributed by atoms with E-state index in [2.05, 4.69) is 4.72 Å². The second-order valence-electron chi connectivity index (χ2n) is 19.4. The molecule has 0 radical (unpaired) electrons. The topological polar surface area (TPSA) is 143 Å². The number of halogens is 6. The van der Waals surface area contributed by atoms with Gasteiger partial charge in [0.2, 0.25) is 20.0 Å². The van der Waals surface area contributed by atoms with Gasteiger partial charge in [0.15, 0.2) is 0 Å². The molecule has 410 valence electrons. The van der Waals surface area contributed by atoms with Crippen LogP contribution in [0.5, 0.6) is 0 Å². The molecule has 0 aromatic heterocycles. The monoisotopic (exact) mass is 1110 g/mol. The molecular weight excluding hydrogens is 1050 g/mol. The first-order valence-corrected chi connectivity index (χ1v) is 27.9. The molecule has 0 bridgehead atoms. The molecule has 2 saturated heterocycles. The van der Waals surface area contributed by atoms with Crippen LogP contribution in [0.15, 0.2) is 168 Å². The zero-order valence-electron chi connectivity index (χ0n) is 42.9. The molecule has 4 atom stereocenters. The fourth-order valence-corrected chi connectivity index (χ4v) is 12.0. The van der Waals surface area contributed by atoms with Gasteiger partial charge < -0.3 is 0 Å². The molecule has 0 saturated carbocycles. The Morgan fingerprint density at radius 3 is 1.31 bits per heavy atom. The first-order chi connectivity index (χ1) is 36.4. The molecule has 2 aliphatic rings. The molecule has 2 heterocycles. The molecule has 0 aliphatic carbocycles. The van der Waals surface area contributed by atoms with E-state index in [1.807, 2.05) is 95.3 Å². The lowest BCUT2D eigenvalue weighted by molar-refractivity contribution is -0.200. The van der Waals surface area contributed by atoms with Gasteiger partial charge in [0.05, 0.1) is 33.0 Å². The van der Waals surface area contributed by atoms with Crippen LogP contribution in [0.2, 0.25) is 0 Å². The third kappa shape index (κ3) is 14.2. The Kier molecular flexibility index (Phi) is 18.5. The number of sulfonamides is 2. The number of amides is 2. The molecule has 2 fully saturated rings. The summed E-state index contributed by atoms with van der Waals surface area (Å²) in [6.45, 7) is 10.2. The summed E-state index contributed by atoms with van der Waals surface area (Å²) < 4.78 is 135. The summed E-state index contributed by atoms with van der Waals surface area (Å²) in [7, 11) is -8.11. The van der Waals surface area contributed by atoms with E-state index in [-0.39, 0.29) is 59.9 Å². The number of nitrogens with one attached hydrogen (secondary N) is 1. The summed E-state index contributed by atoms with van der Waals surface area (Å²) >= 11 is 0. The lowest BCUT2D eigenvalue weighted by Crippen LogP contribution is -2.45. The molecule has 6 aromatic carbocycles. The SMILES string of the molecule is CC(C)[C@H]1C[C@@H](NS(=O)(=O)c2ccc(-c3ccc(C(F)(F)F)cc3)cc2)C(=O)N1OCc1ccccc1.CCCN([C@@H]1C[C@H](C(C)C)N(OCc2ccccc2)C1=O)S(=O)(=O)c1ccc(-c2ccc(C(F)(F)F)cc2)cc1. The van der Waals surface area contributed by atoms with Gasteiger partial charge in [0, 0.05) is 6.54 Å². The third-order valence-corrected chi connectivity index (χ3v) is 16.7. The van der Waals surface area contributed by atoms with Gasteiger partial charge >= 0.3 is 12.4 Å². The van der Waals surface area contributed by atoms with Crippen LogP contribution in [0.4, 0.5) is 26.3 Å². The van der Waals surface area contributed by atoms with E-state index in [1.54, 1.807) is 12.1 Å². The third-order valence-electron chi connectivity index (χ3n) is 13.3. The Morgan fingerprint density at radius 2 is 0.922 bits per heavy atom. The van der Waals surface area contributed by atoms with Crippen LogP contribution in [0.3, 0.4) is 0 Å². The molecule has 2 amide bonds. The van der Waals surface area contributed by atoms with Crippen molar-refractivity contribution in [2.75, 3.05) is 6.54 Å². The minimum Gasteiger partial charge on any atom is -0.271 e. The van der Waals surface area contributed by atoms with Crippen LogP contribution >= 0.6 is 0 Å². The fraction of sp³-hybridized carbons (Fsp3) is 0.333. The Bertz CT molecular complexity index is 3150. The zero-order valence-corrected chi connectivity index (χ0v) is 44.5. The van der Waals surface area contributed by atoms with Crippen molar-refractivity contribution in [1.82, 2.24) is 19.2 Å². The number of alkyl halides is 6. The van der Waals surface area contributed by atoms with Crippen LogP contribution in [0, 0.1) is 11.8 Å². The zero-order chi connectivity index (χ0) is 55.9. The van der Waals surface area contributed by atoms with Gasteiger partial charge in [-0.05, 0) is 113 Å². The Balaban J connectivity index is 0.000000224. The van der Waals surface area contributed by atoms with Crippen molar-refractivity contribution in [3.05, 3.63) is 180 Å². The second kappa shape index (κ2) is 24.5. The van der Waals surface area contributed by atoms with Crippen molar-refractivity contribution >= 4 is 31.9 Å². The lowest BCUT2D eigenvalue weighted by Gasteiger charge is -2.27. The molecule has 1 N–H and O–H groups in total. The van der Waals surface area contributed by atoms with Crippen LogP contribution < -0.4 is 4.72 Å². The Labute approximate surface area is 445 Å². The van der Waals surface area contributed by atoms with E-state index in [9.17, 15) is 52.8 Å². The Morgan fingerprint density at radius 1 is 0.545 bits per heavy atom. The highest BCUT2D eigenvalue weighted by molar-refractivity contribution is 7.89. The number of hydrogen-bond acceptors (Lipinski definition) is 8. The van der Waals surface area contributed by atoms with E-state index >= 15 is 0 Å². The van der Waals surface area contributed by atoms with Gasteiger partial charge in [-0.25, -0.2) is 27.0 Å². The molecule has 77 heavy (non-hydrogen) atoms. The van der Waals surface area contributed by atoms with Gasteiger partial charge in [0.1, 0.15) is 25.3 Å². The van der Waals surface area contributed by atoms with E-state index in [1.165, 1.54) is 75.1 Å². The predicted octanol–water partition coefficient (Wildman–Crippen LogP) is 11.9. The summed E-state index contributed by atoms with van der Waals surface area (Å²) in [6.07, 6.45) is -7.81. The molecule has 0 unspecified atom stereocenters. The van der Waals surface area contributed by atoms with Crippen molar-refractivity contribution < 1.29 is 62.4 Å². The van der Waals surface area contributed by atoms with Crippen molar-refractivity contribution in [2.24, 2.45) is 11.8 Å². The summed E-state index contributed by atoms with van der Waals surface area (Å²) in [5, 5.41) is 2.62. The van der Waals surface area contributed by atoms with Gasteiger partial charge in [0.25, 0.3) is 11.8 Å². The predicted molar refractivity (Wildman–Crippen MR) is 278 cm³/mol. The van der Waals surface area contributed by atoms with E-state index in [4.69, 9.17) is 9.68 Å². The first kappa shape index (κ1) is 58.3.